The number of aliphatic hydroxyl groups excluding tert-OH is 1. The maximum absolute atomic E-state index is 11.5. The van der Waals surface area contributed by atoms with E-state index in [1.165, 1.54) is 6.20 Å². The van der Waals surface area contributed by atoms with Crippen molar-refractivity contribution in [2.45, 2.75) is 32.4 Å². The molecule has 0 saturated heterocycles. The van der Waals surface area contributed by atoms with Crippen LogP contribution in [0.15, 0.2) is 6.20 Å². The lowest BCUT2D eigenvalue weighted by atomic mass is 9.99. The van der Waals surface area contributed by atoms with Gasteiger partial charge in [0, 0.05) is 0 Å². The van der Waals surface area contributed by atoms with E-state index in [1.54, 1.807) is 20.8 Å². The zero-order chi connectivity index (χ0) is 10.8. The monoisotopic (exact) mass is 215 g/mol. The molecular formula is C8H13N3O2S. The molecule has 0 spiro atoms. The molecular weight excluding hydrogens is 202 g/mol. The molecule has 5 nitrogen and oxygen atoms in total. The van der Waals surface area contributed by atoms with Gasteiger partial charge < -0.3 is 10.4 Å². The van der Waals surface area contributed by atoms with Gasteiger partial charge in [-0.15, -0.1) is 5.10 Å². The summed E-state index contributed by atoms with van der Waals surface area (Å²) >= 11 is 1.03. The first-order chi connectivity index (χ1) is 6.43. The van der Waals surface area contributed by atoms with Gasteiger partial charge in [-0.3, -0.25) is 4.79 Å². The molecule has 1 atom stereocenters. The van der Waals surface area contributed by atoms with E-state index in [0.29, 0.717) is 4.88 Å². The van der Waals surface area contributed by atoms with Gasteiger partial charge >= 0.3 is 0 Å². The smallest absolute Gasteiger partial charge is 0.265 e. The van der Waals surface area contributed by atoms with Crippen molar-refractivity contribution in [3.8, 4) is 0 Å². The quantitative estimate of drug-likeness (QED) is 0.766. The average molecular weight is 215 g/mol. The fourth-order valence-corrected chi connectivity index (χ4v) is 1.14. The number of hydrogen-bond donors (Lipinski definition) is 2. The van der Waals surface area contributed by atoms with Crippen molar-refractivity contribution < 1.29 is 9.90 Å². The summed E-state index contributed by atoms with van der Waals surface area (Å²) in [5, 5.41) is 15.6. The van der Waals surface area contributed by atoms with Crippen LogP contribution in [-0.2, 0) is 0 Å². The van der Waals surface area contributed by atoms with Crippen molar-refractivity contribution in [1.82, 2.24) is 14.9 Å². The summed E-state index contributed by atoms with van der Waals surface area (Å²) in [5.41, 5.74) is -0.652. The summed E-state index contributed by atoms with van der Waals surface area (Å²) in [4.78, 5) is 12.0. The fraction of sp³-hybridized carbons (Fsp3) is 0.625. The molecule has 2 N–H and O–H groups in total. The van der Waals surface area contributed by atoms with Crippen LogP contribution >= 0.6 is 11.5 Å². The van der Waals surface area contributed by atoms with Crippen LogP contribution in [-0.4, -0.2) is 32.2 Å². The Balaban J connectivity index is 2.66. The molecule has 1 aromatic rings. The molecule has 0 saturated carbocycles. The lowest BCUT2D eigenvalue weighted by Gasteiger charge is -2.28. The largest absolute Gasteiger partial charge is 0.391 e. The van der Waals surface area contributed by atoms with Crippen LogP contribution in [0.25, 0.3) is 0 Å². The van der Waals surface area contributed by atoms with Gasteiger partial charge in [0.1, 0.15) is 4.88 Å². The highest BCUT2D eigenvalue weighted by molar-refractivity contribution is 7.07. The summed E-state index contributed by atoms with van der Waals surface area (Å²) in [7, 11) is 0. The molecule has 78 valence electrons. The van der Waals surface area contributed by atoms with Gasteiger partial charge in [-0.05, 0) is 32.3 Å². The predicted octanol–water partition coefficient (Wildman–Crippen LogP) is 0.427. The molecule has 1 heterocycles. The lowest BCUT2D eigenvalue weighted by Crippen LogP contribution is -2.50. The van der Waals surface area contributed by atoms with E-state index in [9.17, 15) is 9.90 Å². The van der Waals surface area contributed by atoms with Crippen LogP contribution in [0.3, 0.4) is 0 Å². The predicted molar refractivity (Wildman–Crippen MR) is 53.1 cm³/mol. The summed E-state index contributed by atoms with van der Waals surface area (Å²) in [6, 6.07) is 0. The molecule has 0 fully saturated rings. The first-order valence-electron chi connectivity index (χ1n) is 4.21. The number of nitrogens with one attached hydrogen (secondary N) is 1. The third kappa shape index (κ3) is 2.49. The lowest BCUT2D eigenvalue weighted by molar-refractivity contribution is 0.0712. The number of nitrogens with zero attached hydrogens (tertiary/aromatic N) is 2. The fourth-order valence-electron chi connectivity index (χ4n) is 0.726. The number of hydrogen-bond acceptors (Lipinski definition) is 5. The van der Waals surface area contributed by atoms with Crippen molar-refractivity contribution in [1.29, 1.82) is 0 Å². The normalized spacial score (nSPS) is 13.7. The Bertz CT molecular complexity index is 308. The van der Waals surface area contributed by atoms with Crippen molar-refractivity contribution in [3.63, 3.8) is 0 Å². The second-order valence-corrected chi connectivity index (χ2v) is 4.42. The van der Waals surface area contributed by atoms with Crippen molar-refractivity contribution in [2.75, 3.05) is 0 Å². The number of amides is 1. The Labute approximate surface area is 86.3 Å². The van der Waals surface area contributed by atoms with Crippen LogP contribution < -0.4 is 5.32 Å². The molecule has 0 bridgehead atoms. The molecule has 0 aliphatic rings. The minimum atomic E-state index is -0.652. The second-order valence-electron chi connectivity index (χ2n) is 3.63. The van der Waals surface area contributed by atoms with Crippen LogP contribution in [0, 0.1) is 0 Å². The molecule has 6 heteroatoms. The van der Waals surface area contributed by atoms with E-state index in [1.807, 2.05) is 0 Å². The minimum Gasteiger partial charge on any atom is -0.391 e. The number of carbonyl (C=O) groups excluding carboxylic acids is 1. The van der Waals surface area contributed by atoms with Crippen LogP contribution in [0.2, 0.25) is 0 Å². The Morgan fingerprint density at radius 1 is 1.71 bits per heavy atom. The van der Waals surface area contributed by atoms with Crippen LogP contribution in [0.5, 0.6) is 0 Å². The Hall–Kier alpha value is -1.01. The summed E-state index contributed by atoms with van der Waals surface area (Å²) in [6.45, 7) is 5.14. The van der Waals surface area contributed by atoms with Crippen LogP contribution in [0.1, 0.15) is 30.4 Å². The molecule has 1 unspecified atom stereocenters. The number of carbonyl (C=O) groups is 1. The van der Waals surface area contributed by atoms with Gasteiger partial charge in [0.15, 0.2) is 0 Å². The van der Waals surface area contributed by atoms with Gasteiger partial charge in [-0.25, -0.2) is 0 Å². The zero-order valence-electron chi connectivity index (χ0n) is 8.31. The Kier molecular flexibility index (Phi) is 3.17. The molecule has 1 amide bonds. The SMILES string of the molecule is CC(O)C(C)(C)NC(=O)c1cnns1. The number of aliphatic hydroxyl groups is 1. The standard InChI is InChI=1S/C8H13N3O2S/c1-5(12)8(2,3)10-7(13)6-4-9-11-14-6/h4-5,12H,1-3H3,(H,10,13). The molecule has 14 heavy (non-hydrogen) atoms. The van der Waals surface area contributed by atoms with E-state index in [4.69, 9.17) is 0 Å². The van der Waals surface area contributed by atoms with Gasteiger partial charge in [0.25, 0.3) is 5.91 Å². The van der Waals surface area contributed by atoms with Gasteiger partial charge in [-0.2, -0.15) is 0 Å². The third-order valence-electron chi connectivity index (χ3n) is 2.07. The number of rotatable bonds is 3. The summed E-state index contributed by atoms with van der Waals surface area (Å²) in [6.07, 6.45) is 0.783. The Morgan fingerprint density at radius 2 is 2.36 bits per heavy atom. The molecule has 0 aromatic carbocycles. The molecule has 1 aromatic heterocycles. The molecule has 0 aliphatic heterocycles. The highest BCUT2D eigenvalue weighted by Gasteiger charge is 2.27. The van der Waals surface area contributed by atoms with E-state index in [-0.39, 0.29) is 5.91 Å². The zero-order valence-corrected chi connectivity index (χ0v) is 9.13. The van der Waals surface area contributed by atoms with E-state index >= 15 is 0 Å². The van der Waals surface area contributed by atoms with Crippen molar-refractivity contribution in [2.24, 2.45) is 0 Å². The minimum absolute atomic E-state index is 0.258. The highest BCUT2D eigenvalue weighted by atomic mass is 32.1. The molecule has 0 radical (unpaired) electrons. The highest BCUT2D eigenvalue weighted by Crippen LogP contribution is 2.11. The third-order valence-corrected chi connectivity index (χ3v) is 2.73. The first-order valence-corrected chi connectivity index (χ1v) is 4.99. The van der Waals surface area contributed by atoms with Crippen molar-refractivity contribution >= 4 is 17.4 Å². The van der Waals surface area contributed by atoms with Gasteiger partial charge in [0.2, 0.25) is 0 Å². The summed E-state index contributed by atoms with van der Waals surface area (Å²) < 4.78 is 3.59. The average Bonchev–Trinajstić information content (AvgIpc) is 2.54. The topological polar surface area (TPSA) is 75.1 Å². The van der Waals surface area contributed by atoms with E-state index in [0.717, 1.165) is 11.5 Å². The molecule has 1 rings (SSSR count). The first kappa shape index (κ1) is 11.1. The molecule has 0 aliphatic carbocycles. The van der Waals surface area contributed by atoms with Gasteiger partial charge in [0.05, 0.1) is 17.8 Å². The maximum atomic E-state index is 11.5. The van der Waals surface area contributed by atoms with E-state index < -0.39 is 11.6 Å². The number of aromatic nitrogens is 2. The van der Waals surface area contributed by atoms with Crippen molar-refractivity contribution in [3.05, 3.63) is 11.1 Å². The maximum Gasteiger partial charge on any atom is 0.265 e. The summed E-state index contributed by atoms with van der Waals surface area (Å²) in [5.74, 6) is -0.258. The van der Waals surface area contributed by atoms with Gasteiger partial charge in [-0.1, -0.05) is 4.49 Å². The van der Waals surface area contributed by atoms with E-state index in [2.05, 4.69) is 14.9 Å². The Morgan fingerprint density at radius 3 is 2.79 bits per heavy atom. The van der Waals surface area contributed by atoms with Crippen LogP contribution in [0.4, 0.5) is 0 Å². The second kappa shape index (κ2) is 4.02.